The first-order valence-electron chi connectivity index (χ1n) is 12.5. The van der Waals surface area contributed by atoms with Gasteiger partial charge in [0.2, 0.25) is 0 Å². The second-order valence-corrected chi connectivity index (χ2v) is 10.3. The molecule has 3 rings (SSSR count). The zero-order chi connectivity index (χ0) is 29.0. The number of aromatic nitrogens is 1. The lowest BCUT2D eigenvalue weighted by atomic mass is 9.70. The predicted octanol–water partition coefficient (Wildman–Crippen LogP) is 5.16. The van der Waals surface area contributed by atoms with Crippen LogP contribution >= 0.6 is 0 Å². The summed E-state index contributed by atoms with van der Waals surface area (Å²) in [5.74, 6) is 0.0159. The van der Waals surface area contributed by atoms with E-state index in [1.54, 1.807) is 4.90 Å². The Hall–Kier alpha value is -3.84. The Morgan fingerprint density at radius 3 is 2.49 bits per heavy atom. The number of hydrogen-bond donors (Lipinski definition) is 2. The van der Waals surface area contributed by atoms with Crippen LogP contribution in [0.2, 0.25) is 0 Å². The highest BCUT2D eigenvalue weighted by Crippen LogP contribution is 2.45. The molecule has 2 amide bonds. The monoisotopic (exact) mass is 555 g/mol. The van der Waals surface area contributed by atoms with Crippen molar-refractivity contribution in [3.05, 3.63) is 51.4 Å². The molecule has 1 aliphatic heterocycles. The minimum absolute atomic E-state index is 0.0333. The van der Waals surface area contributed by atoms with Gasteiger partial charge in [0.15, 0.2) is 11.5 Å². The van der Waals surface area contributed by atoms with E-state index in [1.807, 2.05) is 13.8 Å². The van der Waals surface area contributed by atoms with Crippen LogP contribution in [-0.4, -0.2) is 58.8 Å². The highest BCUT2D eigenvalue weighted by Gasteiger charge is 2.40. The van der Waals surface area contributed by atoms with Crippen LogP contribution in [0.5, 0.6) is 0 Å². The minimum Gasteiger partial charge on any atom is -0.465 e. The van der Waals surface area contributed by atoms with Gasteiger partial charge in [-0.15, -0.1) is 0 Å². The summed E-state index contributed by atoms with van der Waals surface area (Å²) >= 11 is 0. The quantitative estimate of drug-likeness (QED) is 0.302. The Morgan fingerprint density at radius 2 is 1.95 bits per heavy atom. The number of rotatable bonds is 10. The lowest BCUT2D eigenvalue weighted by Crippen LogP contribution is -2.43. The summed E-state index contributed by atoms with van der Waals surface area (Å²) in [6.07, 6.45) is -3.65. The standard InChI is InChI=1S/C25H32F3N5O6/c1-16(2)14-24(8-11-32(23(35)36)15-18-13-20(30-39-18)22(34)29-3)6-9-31(10-7-24)21-5-4-17(33(37)38)12-19(21)25(26,27)28/h4-5,12-13,16H,6-11,14-15H2,1-3H3,(H,29,34)(H,35,36). The molecule has 0 saturated carbocycles. The molecule has 0 aliphatic carbocycles. The van der Waals surface area contributed by atoms with E-state index in [0.717, 1.165) is 18.6 Å². The Bertz CT molecular complexity index is 1190. The van der Waals surface area contributed by atoms with E-state index in [2.05, 4.69) is 10.5 Å². The Kier molecular flexibility index (Phi) is 9.07. The smallest absolute Gasteiger partial charge is 0.418 e. The number of halogens is 3. The van der Waals surface area contributed by atoms with E-state index in [4.69, 9.17) is 4.52 Å². The topological polar surface area (TPSA) is 142 Å². The number of piperidine rings is 1. The Morgan fingerprint density at radius 1 is 1.28 bits per heavy atom. The van der Waals surface area contributed by atoms with Gasteiger partial charge in [-0.1, -0.05) is 19.0 Å². The van der Waals surface area contributed by atoms with E-state index >= 15 is 0 Å². The Balaban J connectivity index is 1.75. The molecule has 2 N–H and O–H groups in total. The summed E-state index contributed by atoms with van der Waals surface area (Å²) in [5.41, 5.74) is -2.05. The maximum absolute atomic E-state index is 13.8. The molecule has 0 bridgehead atoms. The molecule has 0 spiro atoms. The van der Waals surface area contributed by atoms with Crippen LogP contribution < -0.4 is 10.2 Å². The largest absolute Gasteiger partial charge is 0.465 e. The van der Waals surface area contributed by atoms with Crippen molar-refractivity contribution in [2.45, 2.75) is 52.3 Å². The maximum Gasteiger partial charge on any atom is 0.418 e. The van der Waals surface area contributed by atoms with Crippen LogP contribution in [0.15, 0.2) is 28.8 Å². The van der Waals surface area contributed by atoms with Gasteiger partial charge in [-0.3, -0.25) is 14.9 Å². The molecule has 1 aromatic carbocycles. The molecular formula is C25H32F3N5O6. The van der Waals surface area contributed by atoms with Gasteiger partial charge in [0.1, 0.15) is 0 Å². The maximum atomic E-state index is 13.8. The van der Waals surface area contributed by atoms with Crippen molar-refractivity contribution in [3.8, 4) is 0 Å². The molecule has 0 unspecified atom stereocenters. The molecule has 39 heavy (non-hydrogen) atoms. The van der Waals surface area contributed by atoms with Crippen molar-refractivity contribution in [2.75, 3.05) is 31.6 Å². The van der Waals surface area contributed by atoms with Crippen LogP contribution in [-0.2, 0) is 12.7 Å². The molecule has 0 radical (unpaired) electrons. The average Bonchev–Trinajstić information content (AvgIpc) is 3.34. The number of nitrogens with one attached hydrogen (secondary N) is 1. The van der Waals surface area contributed by atoms with Gasteiger partial charge in [0.05, 0.1) is 17.0 Å². The van der Waals surface area contributed by atoms with Crippen LogP contribution in [0.3, 0.4) is 0 Å². The van der Waals surface area contributed by atoms with Crippen LogP contribution in [0.1, 0.15) is 61.3 Å². The van der Waals surface area contributed by atoms with Gasteiger partial charge in [-0.25, -0.2) is 4.79 Å². The second-order valence-electron chi connectivity index (χ2n) is 10.3. The fourth-order valence-corrected chi connectivity index (χ4v) is 5.21. The first-order chi connectivity index (χ1) is 18.2. The molecule has 1 fully saturated rings. The van der Waals surface area contributed by atoms with Gasteiger partial charge in [0, 0.05) is 50.6 Å². The van der Waals surface area contributed by atoms with Crippen molar-refractivity contribution >= 4 is 23.4 Å². The molecule has 1 aromatic heterocycles. The first kappa shape index (κ1) is 29.7. The van der Waals surface area contributed by atoms with Crippen molar-refractivity contribution < 1.29 is 37.3 Å². The second kappa shape index (κ2) is 11.9. The minimum atomic E-state index is -4.76. The fourth-order valence-electron chi connectivity index (χ4n) is 5.21. The molecule has 214 valence electrons. The number of nitro groups is 1. The molecule has 1 aliphatic rings. The average molecular weight is 556 g/mol. The Labute approximate surface area is 223 Å². The number of benzene rings is 1. The summed E-state index contributed by atoms with van der Waals surface area (Å²) in [6.45, 7) is 4.70. The lowest BCUT2D eigenvalue weighted by molar-refractivity contribution is -0.385. The summed E-state index contributed by atoms with van der Waals surface area (Å²) in [6, 6.07) is 4.16. The summed E-state index contributed by atoms with van der Waals surface area (Å²) in [4.78, 5) is 36.6. The number of nitrogens with zero attached hydrogens (tertiary/aromatic N) is 4. The molecule has 1 saturated heterocycles. The van der Waals surface area contributed by atoms with Crippen molar-refractivity contribution in [3.63, 3.8) is 0 Å². The highest BCUT2D eigenvalue weighted by atomic mass is 19.4. The summed E-state index contributed by atoms with van der Waals surface area (Å²) < 4.78 is 46.4. The molecular weight excluding hydrogens is 523 g/mol. The summed E-state index contributed by atoms with van der Waals surface area (Å²) in [7, 11) is 1.44. The van der Waals surface area contributed by atoms with Crippen molar-refractivity contribution in [2.24, 2.45) is 11.3 Å². The van der Waals surface area contributed by atoms with Gasteiger partial charge in [0.25, 0.3) is 11.6 Å². The molecule has 2 aromatic rings. The van der Waals surface area contributed by atoms with Gasteiger partial charge in [-0.05, 0) is 43.1 Å². The number of amides is 2. The molecule has 14 heteroatoms. The third kappa shape index (κ3) is 7.39. The van der Waals surface area contributed by atoms with E-state index in [-0.39, 0.29) is 54.7 Å². The van der Waals surface area contributed by atoms with Crippen LogP contribution in [0, 0.1) is 21.4 Å². The van der Waals surface area contributed by atoms with Crippen molar-refractivity contribution in [1.29, 1.82) is 0 Å². The van der Waals surface area contributed by atoms with E-state index < -0.39 is 34.4 Å². The SMILES string of the molecule is CNC(=O)c1cc(CN(CCC2(CC(C)C)CCN(c3ccc([N+](=O)[O-])cc3C(F)(F)F)CC2)C(=O)O)on1. The number of carbonyl (C=O) groups is 2. The number of carbonyl (C=O) groups excluding carboxylic acids is 1. The van der Waals surface area contributed by atoms with Crippen molar-refractivity contribution in [1.82, 2.24) is 15.4 Å². The number of anilines is 1. The van der Waals surface area contributed by atoms with E-state index in [0.29, 0.717) is 25.3 Å². The van der Waals surface area contributed by atoms with Gasteiger partial charge < -0.3 is 24.7 Å². The molecule has 0 atom stereocenters. The molecule has 2 heterocycles. The van der Waals surface area contributed by atoms with Gasteiger partial charge >= 0.3 is 12.3 Å². The number of hydrogen-bond acceptors (Lipinski definition) is 7. The predicted molar refractivity (Wildman–Crippen MR) is 134 cm³/mol. The summed E-state index contributed by atoms with van der Waals surface area (Å²) in [5, 5.41) is 26.9. The number of nitro benzene ring substituents is 1. The zero-order valence-electron chi connectivity index (χ0n) is 22.0. The van der Waals surface area contributed by atoms with E-state index in [1.165, 1.54) is 18.0 Å². The van der Waals surface area contributed by atoms with E-state index in [9.17, 15) is 38.0 Å². The van der Waals surface area contributed by atoms with Crippen LogP contribution in [0.25, 0.3) is 0 Å². The third-order valence-corrected chi connectivity index (χ3v) is 7.05. The first-order valence-corrected chi connectivity index (χ1v) is 12.5. The number of non-ortho nitro benzene ring substituents is 1. The number of carboxylic acid groups (broad SMARTS) is 1. The van der Waals surface area contributed by atoms with Crippen LogP contribution in [0.4, 0.5) is 29.3 Å². The molecule has 11 nitrogen and oxygen atoms in total. The lowest BCUT2D eigenvalue weighted by Gasteiger charge is -2.45. The van der Waals surface area contributed by atoms with Gasteiger partial charge in [-0.2, -0.15) is 13.2 Å². The zero-order valence-corrected chi connectivity index (χ0v) is 22.0. The third-order valence-electron chi connectivity index (χ3n) is 7.05. The number of alkyl halides is 3. The fraction of sp³-hybridized carbons (Fsp3) is 0.560. The normalized spacial score (nSPS) is 15.3. The highest BCUT2D eigenvalue weighted by molar-refractivity contribution is 5.91.